The fourth-order valence-corrected chi connectivity index (χ4v) is 3.82. The first-order valence-electron chi connectivity index (χ1n) is 7.28. The molecule has 0 aliphatic rings. The van der Waals surface area contributed by atoms with Crippen LogP contribution in [0.3, 0.4) is 0 Å². The third kappa shape index (κ3) is 3.58. The lowest BCUT2D eigenvalue weighted by Gasteiger charge is -2.19. The van der Waals surface area contributed by atoms with E-state index >= 15 is 0 Å². The Hall–Kier alpha value is -0.650. The van der Waals surface area contributed by atoms with Gasteiger partial charge >= 0.3 is 0 Å². The van der Waals surface area contributed by atoms with Crippen LogP contribution in [0.1, 0.15) is 36.8 Å². The van der Waals surface area contributed by atoms with E-state index in [1.165, 1.54) is 11.3 Å². The summed E-state index contributed by atoms with van der Waals surface area (Å²) in [5, 5.41) is 8.10. The summed E-state index contributed by atoms with van der Waals surface area (Å²) in [7, 11) is 2.01. The van der Waals surface area contributed by atoms with Crippen LogP contribution in [0.4, 0.5) is 0 Å². The van der Waals surface area contributed by atoms with E-state index in [9.17, 15) is 0 Å². The van der Waals surface area contributed by atoms with Crippen molar-refractivity contribution in [2.75, 3.05) is 7.05 Å². The van der Waals surface area contributed by atoms with Crippen molar-refractivity contribution in [1.29, 1.82) is 0 Å². The Bertz CT molecular complexity index is 608. The third-order valence-electron chi connectivity index (χ3n) is 3.72. The van der Waals surface area contributed by atoms with E-state index in [0.717, 1.165) is 34.0 Å². The Morgan fingerprint density at radius 2 is 1.95 bits per heavy atom. The highest BCUT2D eigenvalue weighted by atomic mass is 79.9. The molecule has 0 spiro atoms. The molecule has 1 aromatic carbocycles. The molecule has 3 nitrogen and oxygen atoms in total. The molecule has 1 unspecified atom stereocenters. The number of hydrogen-bond donors (Lipinski definition) is 1. The van der Waals surface area contributed by atoms with E-state index in [-0.39, 0.29) is 6.04 Å². The summed E-state index contributed by atoms with van der Waals surface area (Å²) < 4.78 is 4.39. The minimum atomic E-state index is 0.253. The normalized spacial score (nSPS) is 12.6. The van der Waals surface area contributed by atoms with Crippen LogP contribution in [0.5, 0.6) is 0 Å². The predicted octanol–water partition coefficient (Wildman–Crippen LogP) is 4.49. The van der Waals surface area contributed by atoms with Gasteiger partial charge in [-0.15, -0.1) is 0 Å². The maximum Gasteiger partial charge on any atom is 0.0766 e. The van der Waals surface area contributed by atoms with Gasteiger partial charge in [-0.2, -0.15) is 5.10 Å². The smallest absolute Gasteiger partial charge is 0.0766 e. The second-order valence-electron chi connectivity index (χ2n) is 4.94. The number of likely N-dealkylation sites (N-methyl/N-ethyl adjacent to an activating group) is 1. The molecule has 5 heteroatoms. The molecular formula is C16H21Br2N3. The maximum absolute atomic E-state index is 4.68. The van der Waals surface area contributed by atoms with Gasteiger partial charge in [-0.05, 0) is 48.0 Å². The molecule has 0 aliphatic heterocycles. The molecule has 2 rings (SSSR count). The number of aromatic nitrogens is 2. The first kappa shape index (κ1) is 16.7. The van der Waals surface area contributed by atoms with Crippen LogP contribution < -0.4 is 5.32 Å². The summed E-state index contributed by atoms with van der Waals surface area (Å²) in [6.07, 6.45) is 1.85. The van der Waals surface area contributed by atoms with Gasteiger partial charge in [0.25, 0.3) is 0 Å². The van der Waals surface area contributed by atoms with E-state index < -0.39 is 0 Å². The predicted molar refractivity (Wildman–Crippen MR) is 94.6 cm³/mol. The summed E-state index contributed by atoms with van der Waals surface area (Å²) >= 11 is 7.38. The zero-order chi connectivity index (χ0) is 15.4. The lowest BCUT2D eigenvalue weighted by molar-refractivity contribution is 0.538. The van der Waals surface area contributed by atoms with Gasteiger partial charge in [0.15, 0.2) is 0 Å². The highest BCUT2D eigenvalue weighted by molar-refractivity contribution is 9.10. The van der Waals surface area contributed by atoms with Crippen LogP contribution in [0.2, 0.25) is 0 Å². The standard InChI is InChI=1S/C16H21Br2N3/c1-4-13-16(18)15(21(5-2)20-13)10-14(19-3)11-8-6-7-9-12(11)17/h6-9,14,19H,4-5,10H2,1-3H3. The lowest BCUT2D eigenvalue weighted by Crippen LogP contribution is -2.21. The van der Waals surface area contributed by atoms with Gasteiger partial charge in [0.2, 0.25) is 0 Å². The minimum absolute atomic E-state index is 0.253. The Balaban J connectivity index is 2.35. The van der Waals surface area contributed by atoms with Gasteiger partial charge in [0.1, 0.15) is 0 Å². The van der Waals surface area contributed by atoms with Crippen LogP contribution in [0, 0.1) is 0 Å². The second kappa shape index (κ2) is 7.56. The fourth-order valence-electron chi connectivity index (χ4n) is 2.53. The molecule has 1 N–H and O–H groups in total. The minimum Gasteiger partial charge on any atom is -0.313 e. The van der Waals surface area contributed by atoms with Gasteiger partial charge in [-0.1, -0.05) is 41.1 Å². The second-order valence-corrected chi connectivity index (χ2v) is 6.59. The Morgan fingerprint density at radius 1 is 1.24 bits per heavy atom. The van der Waals surface area contributed by atoms with Crippen molar-refractivity contribution < 1.29 is 0 Å². The molecule has 0 bridgehead atoms. The first-order chi connectivity index (χ1) is 10.1. The zero-order valence-corrected chi connectivity index (χ0v) is 15.8. The van der Waals surface area contributed by atoms with Crippen molar-refractivity contribution in [2.45, 2.75) is 39.3 Å². The number of nitrogens with zero attached hydrogens (tertiary/aromatic N) is 2. The van der Waals surface area contributed by atoms with E-state index in [1.54, 1.807) is 0 Å². The summed E-state index contributed by atoms with van der Waals surface area (Å²) in [6.45, 7) is 5.16. The number of nitrogens with one attached hydrogen (secondary N) is 1. The Kier molecular flexibility index (Phi) is 6.02. The van der Waals surface area contributed by atoms with E-state index in [2.05, 4.69) is 79.0 Å². The molecule has 1 atom stereocenters. The van der Waals surface area contributed by atoms with Gasteiger partial charge < -0.3 is 5.32 Å². The summed E-state index contributed by atoms with van der Waals surface area (Å²) in [4.78, 5) is 0. The van der Waals surface area contributed by atoms with Crippen molar-refractivity contribution in [2.24, 2.45) is 0 Å². The van der Waals surface area contributed by atoms with Crippen LogP contribution >= 0.6 is 31.9 Å². The molecule has 0 amide bonds. The topological polar surface area (TPSA) is 29.9 Å². The van der Waals surface area contributed by atoms with Gasteiger partial charge in [0.05, 0.1) is 15.9 Å². The van der Waals surface area contributed by atoms with E-state index in [4.69, 9.17) is 0 Å². The van der Waals surface area contributed by atoms with Gasteiger partial charge in [0, 0.05) is 23.5 Å². The fraction of sp³-hybridized carbons (Fsp3) is 0.438. The van der Waals surface area contributed by atoms with Gasteiger partial charge in [-0.25, -0.2) is 0 Å². The third-order valence-corrected chi connectivity index (χ3v) is 5.36. The molecule has 1 aromatic heterocycles. The molecule has 0 saturated carbocycles. The van der Waals surface area contributed by atoms with Crippen LogP contribution in [0.25, 0.3) is 0 Å². The lowest BCUT2D eigenvalue weighted by atomic mass is 10.0. The zero-order valence-electron chi connectivity index (χ0n) is 12.7. The largest absolute Gasteiger partial charge is 0.313 e. The number of benzene rings is 1. The van der Waals surface area contributed by atoms with E-state index in [1.807, 2.05) is 13.1 Å². The van der Waals surface area contributed by atoms with Crippen molar-refractivity contribution in [3.8, 4) is 0 Å². The Labute approximate surface area is 143 Å². The number of halogens is 2. The molecule has 0 radical (unpaired) electrons. The van der Waals surface area contributed by atoms with Crippen LogP contribution in [0.15, 0.2) is 33.2 Å². The molecule has 21 heavy (non-hydrogen) atoms. The average Bonchev–Trinajstić information content (AvgIpc) is 2.81. The van der Waals surface area contributed by atoms with Crippen LogP contribution in [-0.2, 0) is 19.4 Å². The summed E-state index contributed by atoms with van der Waals surface area (Å²) in [6, 6.07) is 8.62. The molecule has 2 aromatic rings. The van der Waals surface area contributed by atoms with E-state index in [0.29, 0.717) is 0 Å². The molecular weight excluding hydrogens is 394 g/mol. The van der Waals surface area contributed by atoms with Crippen molar-refractivity contribution >= 4 is 31.9 Å². The number of hydrogen-bond acceptors (Lipinski definition) is 2. The first-order valence-corrected chi connectivity index (χ1v) is 8.86. The SMILES string of the molecule is CCc1nn(CC)c(CC(NC)c2ccccc2Br)c1Br. The average molecular weight is 415 g/mol. The maximum atomic E-state index is 4.68. The number of aryl methyl sites for hydroxylation is 2. The van der Waals surface area contributed by atoms with Crippen molar-refractivity contribution in [3.05, 3.63) is 50.2 Å². The molecule has 114 valence electrons. The highest BCUT2D eigenvalue weighted by Gasteiger charge is 2.20. The quantitative estimate of drug-likeness (QED) is 0.754. The molecule has 0 fully saturated rings. The summed E-state index contributed by atoms with van der Waals surface area (Å²) in [5.74, 6) is 0. The molecule has 1 heterocycles. The number of rotatable bonds is 6. The van der Waals surface area contributed by atoms with Crippen LogP contribution in [-0.4, -0.2) is 16.8 Å². The van der Waals surface area contributed by atoms with Gasteiger partial charge in [-0.3, -0.25) is 4.68 Å². The van der Waals surface area contributed by atoms with Crippen molar-refractivity contribution in [3.63, 3.8) is 0 Å². The van der Waals surface area contributed by atoms with Crippen molar-refractivity contribution in [1.82, 2.24) is 15.1 Å². The Morgan fingerprint density at radius 3 is 2.52 bits per heavy atom. The molecule has 0 aliphatic carbocycles. The highest BCUT2D eigenvalue weighted by Crippen LogP contribution is 2.30. The molecule has 0 saturated heterocycles. The monoisotopic (exact) mass is 413 g/mol. The summed E-state index contributed by atoms with van der Waals surface area (Å²) in [5.41, 5.74) is 3.66.